The molecule has 3 N–H and O–H groups in total. The lowest BCUT2D eigenvalue weighted by Crippen LogP contribution is -2.10. The topological polar surface area (TPSA) is 64.4 Å². The van der Waals surface area contributed by atoms with Crippen molar-refractivity contribution >= 4 is 17.0 Å². The summed E-state index contributed by atoms with van der Waals surface area (Å²) in [4.78, 5) is 0. The Labute approximate surface area is 78.9 Å². The van der Waals surface area contributed by atoms with Crippen LogP contribution in [0.2, 0.25) is 0 Å². The monoisotopic (exact) mass is 198 g/mol. The highest BCUT2D eigenvalue weighted by Crippen LogP contribution is 2.30. The van der Waals surface area contributed by atoms with Crippen molar-refractivity contribution in [2.45, 2.75) is 6.42 Å². The van der Waals surface area contributed by atoms with E-state index in [9.17, 15) is 4.21 Å². The van der Waals surface area contributed by atoms with Crippen LogP contribution in [-0.4, -0.2) is 10.8 Å². The van der Waals surface area contributed by atoms with Gasteiger partial charge in [0.2, 0.25) is 0 Å². The van der Waals surface area contributed by atoms with E-state index >= 15 is 0 Å². The fraction of sp³-hybridized carbons (Fsp3) is 0.250. The molecule has 13 heavy (non-hydrogen) atoms. The van der Waals surface area contributed by atoms with Crippen LogP contribution in [0.1, 0.15) is 5.56 Å². The van der Waals surface area contributed by atoms with Gasteiger partial charge >= 0.3 is 0 Å². The van der Waals surface area contributed by atoms with E-state index in [2.05, 4.69) is 5.32 Å². The first-order valence-electron chi connectivity index (χ1n) is 3.97. The summed E-state index contributed by atoms with van der Waals surface area (Å²) in [5.74, 6) is 0.614. The molecular formula is C8H10N2O2S. The molecule has 0 bridgehead atoms. The van der Waals surface area contributed by atoms with Crippen molar-refractivity contribution < 1.29 is 8.39 Å². The van der Waals surface area contributed by atoms with Crippen LogP contribution in [0, 0.1) is 0 Å². The van der Waals surface area contributed by atoms with Crippen molar-refractivity contribution in [2.75, 3.05) is 11.9 Å². The zero-order valence-electron chi connectivity index (χ0n) is 6.95. The van der Waals surface area contributed by atoms with Crippen LogP contribution >= 0.6 is 0 Å². The smallest absolute Gasteiger partial charge is 0.285 e. The summed E-state index contributed by atoms with van der Waals surface area (Å²) in [5, 5.41) is 8.24. The molecule has 2 rings (SSSR count). The predicted molar refractivity (Wildman–Crippen MR) is 51.6 cm³/mol. The Hall–Kier alpha value is -1.07. The van der Waals surface area contributed by atoms with Gasteiger partial charge in [0.25, 0.3) is 11.3 Å². The van der Waals surface area contributed by atoms with Gasteiger partial charge < -0.3 is 9.50 Å². The van der Waals surface area contributed by atoms with Crippen molar-refractivity contribution in [3.63, 3.8) is 0 Å². The fourth-order valence-electron chi connectivity index (χ4n) is 1.48. The van der Waals surface area contributed by atoms with Crippen molar-refractivity contribution in [3.8, 4) is 5.75 Å². The Morgan fingerprint density at radius 1 is 1.54 bits per heavy atom. The highest BCUT2D eigenvalue weighted by Gasteiger charge is 2.15. The molecule has 0 radical (unpaired) electrons. The first-order valence-corrected chi connectivity index (χ1v) is 5.11. The Morgan fingerprint density at radius 3 is 3.15 bits per heavy atom. The lowest BCUT2D eigenvalue weighted by atomic mass is 10.1. The molecule has 1 aromatic rings. The number of anilines is 1. The maximum atomic E-state index is 10.7. The summed E-state index contributed by atoms with van der Waals surface area (Å²) >= 11 is -1.74. The van der Waals surface area contributed by atoms with Gasteiger partial charge in [-0.25, -0.2) is 5.14 Å². The van der Waals surface area contributed by atoms with Gasteiger partial charge in [0.05, 0.1) is 0 Å². The molecular weight excluding hydrogens is 188 g/mol. The Balaban J connectivity index is 2.36. The van der Waals surface area contributed by atoms with Crippen molar-refractivity contribution in [3.05, 3.63) is 23.8 Å². The van der Waals surface area contributed by atoms with Crippen LogP contribution < -0.4 is 14.6 Å². The molecule has 1 atom stereocenters. The van der Waals surface area contributed by atoms with Crippen molar-refractivity contribution in [2.24, 2.45) is 5.14 Å². The van der Waals surface area contributed by atoms with E-state index < -0.39 is 11.3 Å². The Kier molecular flexibility index (Phi) is 2.20. The SMILES string of the molecule is NS(=O)Oc1cccc2c1CCN2. The average molecular weight is 198 g/mol. The molecule has 0 amide bonds. The Bertz CT molecular complexity index is 354. The number of rotatable bonds is 2. The molecule has 0 aromatic heterocycles. The van der Waals surface area contributed by atoms with Gasteiger partial charge in [-0.05, 0) is 18.6 Å². The van der Waals surface area contributed by atoms with Crippen LogP contribution in [0.3, 0.4) is 0 Å². The summed E-state index contributed by atoms with van der Waals surface area (Å²) < 4.78 is 15.6. The minimum atomic E-state index is -1.74. The second-order valence-electron chi connectivity index (χ2n) is 2.80. The maximum Gasteiger partial charge on any atom is 0.285 e. The second kappa shape index (κ2) is 3.35. The molecule has 1 unspecified atom stereocenters. The molecule has 4 nitrogen and oxygen atoms in total. The summed E-state index contributed by atoms with van der Waals surface area (Å²) in [6.07, 6.45) is 0.892. The zero-order chi connectivity index (χ0) is 9.26. The molecule has 0 fully saturated rings. The lowest BCUT2D eigenvalue weighted by Gasteiger charge is -2.05. The van der Waals surface area contributed by atoms with Gasteiger partial charge in [-0.3, -0.25) is 0 Å². The number of benzene rings is 1. The average Bonchev–Trinajstić information content (AvgIpc) is 2.51. The third-order valence-corrected chi connectivity index (χ3v) is 2.34. The summed E-state index contributed by atoms with van der Waals surface area (Å²) in [6.45, 7) is 0.896. The van der Waals surface area contributed by atoms with E-state index in [1.807, 2.05) is 12.1 Å². The van der Waals surface area contributed by atoms with E-state index in [1.54, 1.807) is 6.07 Å². The van der Waals surface area contributed by atoms with Gasteiger partial charge in [-0.1, -0.05) is 6.07 Å². The van der Waals surface area contributed by atoms with Crippen LogP contribution in [0.4, 0.5) is 5.69 Å². The molecule has 70 valence electrons. The molecule has 1 aromatic carbocycles. The quantitative estimate of drug-likeness (QED) is 0.730. The fourth-order valence-corrected chi connectivity index (χ4v) is 1.81. The molecule has 5 heteroatoms. The lowest BCUT2D eigenvalue weighted by molar-refractivity contribution is 0.559. The van der Waals surface area contributed by atoms with Crippen LogP contribution in [0.15, 0.2) is 18.2 Å². The molecule has 0 saturated heterocycles. The molecule has 1 aliphatic rings. The molecule has 0 aliphatic carbocycles. The largest absolute Gasteiger partial charge is 0.389 e. The van der Waals surface area contributed by atoms with Gasteiger partial charge in [-0.15, -0.1) is 0 Å². The van der Waals surface area contributed by atoms with Crippen LogP contribution in [0.25, 0.3) is 0 Å². The van der Waals surface area contributed by atoms with Crippen LogP contribution in [-0.2, 0) is 17.7 Å². The van der Waals surface area contributed by atoms with Gasteiger partial charge in [0.15, 0.2) is 0 Å². The van der Waals surface area contributed by atoms with E-state index in [-0.39, 0.29) is 0 Å². The minimum absolute atomic E-state index is 0.614. The number of nitrogens with two attached hydrogens (primary N) is 1. The number of nitrogens with one attached hydrogen (secondary N) is 1. The Morgan fingerprint density at radius 2 is 2.38 bits per heavy atom. The first kappa shape index (κ1) is 8.52. The minimum Gasteiger partial charge on any atom is -0.389 e. The van der Waals surface area contributed by atoms with E-state index in [0.717, 1.165) is 24.2 Å². The van der Waals surface area contributed by atoms with Gasteiger partial charge in [-0.2, -0.15) is 4.21 Å². The number of hydrogen-bond acceptors (Lipinski definition) is 3. The van der Waals surface area contributed by atoms with E-state index in [0.29, 0.717) is 5.75 Å². The van der Waals surface area contributed by atoms with Crippen molar-refractivity contribution in [1.82, 2.24) is 0 Å². The summed E-state index contributed by atoms with van der Waals surface area (Å²) in [7, 11) is 0. The normalized spacial score (nSPS) is 16.1. The summed E-state index contributed by atoms with van der Waals surface area (Å²) in [6, 6.07) is 5.59. The highest BCUT2D eigenvalue weighted by atomic mass is 32.2. The molecule has 1 aliphatic heterocycles. The van der Waals surface area contributed by atoms with E-state index in [4.69, 9.17) is 9.32 Å². The van der Waals surface area contributed by atoms with Crippen molar-refractivity contribution in [1.29, 1.82) is 0 Å². The first-order chi connectivity index (χ1) is 6.27. The van der Waals surface area contributed by atoms with E-state index in [1.165, 1.54) is 0 Å². The summed E-state index contributed by atoms with van der Waals surface area (Å²) in [5.41, 5.74) is 2.10. The van der Waals surface area contributed by atoms with Crippen LogP contribution in [0.5, 0.6) is 5.75 Å². The number of hydrogen-bond donors (Lipinski definition) is 2. The third-order valence-electron chi connectivity index (χ3n) is 2.00. The zero-order valence-corrected chi connectivity index (χ0v) is 7.76. The third kappa shape index (κ3) is 1.66. The maximum absolute atomic E-state index is 10.7. The molecule has 0 saturated carbocycles. The van der Waals surface area contributed by atoms with Gasteiger partial charge in [0.1, 0.15) is 5.75 Å². The molecule has 0 spiro atoms. The standard InChI is InChI=1S/C8H10N2O2S/c9-13(11)12-8-3-1-2-7-6(8)4-5-10-7/h1-3,10H,4-5,9H2. The predicted octanol–water partition coefficient (Wildman–Crippen LogP) is 0.571. The number of fused-ring (bicyclic) bond motifs is 1. The molecule has 1 heterocycles. The van der Waals surface area contributed by atoms with Gasteiger partial charge in [0, 0.05) is 17.8 Å². The highest BCUT2D eigenvalue weighted by molar-refractivity contribution is 7.78. The second-order valence-corrected chi connectivity index (χ2v) is 3.49.